The Morgan fingerprint density at radius 1 is 0.943 bits per heavy atom. The minimum absolute atomic E-state index is 0.0634. The number of carbonyl (C=O) groups is 2. The molecule has 184 valence electrons. The van der Waals surface area contributed by atoms with Crippen molar-refractivity contribution in [2.45, 2.75) is 13.1 Å². The third kappa shape index (κ3) is 8.15. The maximum absolute atomic E-state index is 13.3. The summed E-state index contributed by atoms with van der Waals surface area (Å²) in [5.74, 6) is 0.164. The van der Waals surface area contributed by atoms with E-state index in [4.69, 9.17) is 9.47 Å². The number of para-hydroxylation sites is 1. The molecule has 0 aliphatic rings. The van der Waals surface area contributed by atoms with Crippen molar-refractivity contribution < 1.29 is 19.1 Å². The van der Waals surface area contributed by atoms with E-state index >= 15 is 0 Å². The van der Waals surface area contributed by atoms with Crippen molar-refractivity contribution in [1.82, 2.24) is 14.4 Å². The van der Waals surface area contributed by atoms with Crippen LogP contribution in [0.25, 0.3) is 0 Å². The highest BCUT2D eigenvalue weighted by Gasteiger charge is 2.22. The number of hydrogen-bond donors (Lipinski definition) is 0. The molecule has 0 radical (unpaired) electrons. The minimum atomic E-state index is -0.277. The van der Waals surface area contributed by atoms with Crippen molar-refractivity contribution in [2.75, 3.05) is 40.0 Å². The summed E-state index contributed by atoms with van der Waals surface area (Å²) >= 11 is 0. The van der Waals surface area contributed by atoms with Gasteiger partial charge in [0.25, 0.3) is 5.91 Å². The van der Waals surface area contributed by atoms with Crippen LogP contribution in [-0.4, -0.2) is 66.1 Å². The molecule has 1 aromatic heterocycles. The molecule has 0 saturated heterocycles. The SMILES string of the molecule is C=CCN(CC(=O)N(CCOC)Cc1cccn1Cc1ccccc1)C(=O)COc1ccccc1. The lowest BCUT2D eigenvalue weighted by molar-refractivity contribution is -0.141. The van der Waals surface area contributed by atoms with Gasteiger partial charge in [-0.05, 0) is 29.8 Å². The number of methoxy groups -OCH3 is 1. The summed E-state index contributed by atoms with van der Waals surface area (Å²) in [7, 11) is 1.61. The van der Waals surface area contributed by atoms with E-state index in [1.54, 1.807) is 30.2 Å². The number of hydrogen-bond acceptors (Lipinski definition) is 4. The fourth-order valence-corrected chi connectivity index (χ4v) is 3.64. The Morgan fingerprint density at radius 3 is 2.34 bits per heavy atom. The van der Waals surface area contributed by atoms with Crippen molar-refractivity contribution in [3.8, 4) is 5.75 Å². The van der Waals surface area contributed by atoms with Crippen LogP contribution in [0, 0.1) is 0 Å². The number of nitrogens with zero attached hydrogens (tertiary/aromatic N) is 3. The lowest BCUT2D eigenvalue weighted by Crippen LogP contribution is -2.45. The smallest absolute Gasteiger partial charge is 0.261 e. The normalized spacial score (nSPS) is 10.5. The molecule has 0 bridgehead atoms. The van der Waals surface area contributed by atoms with Gasteiger partial charge in [0, 0.05) is 38.6 Å². The van der Waals surface area contributed by atoms with Crippen molar-refractivity contribution in [1.29, 1.82) is 0 Å². The molecule has 0 saturated carbocycles. The molecule has 0 aliphatic heterocycles. The molecule has 35 heavy (non-hydrogen) atoms. The van der Waals surface area contributed by atoms with Gasteiger partial charge in [-0.25, -0.2) is 0 Å². The van der Waals surface area contributed by atoms with Crippen molar-refractivity contribution in [2.24, 2.45) is 0 Å². The monoisotopic (exact) mass is 475 g/mol. The Bertz CT molecular complexity index is 1070. The van der Waals surface area contributed by atoms with Crippen molar-refractivity contribution in [3.63, 3.8) is 0 Å². The predicted molar refractivity (Wildman–Crippen MR) is 136 cm³/mol. The first-order valence-electron chi connectivity index (χ1n) is 11.6. The molecule has 0 N–H and O–H groups in total. The molecule has 2 aromatic carbocycles. The highest BCUT2D eigenvalue weighted by atomic mass is 16.5. The van der Waals surface area contributed by atoms with Crippen LogP contribution >= 0.6 is 0 Å². The van der Waals surface area contributed by atoms with Gasteiger partial charge in [0.2, 0.25) is 5.91 Å². The van der Waals surface area contributed by atoms with E-state index in [-0.39, 0.29) is 31.5 Å². The Labute approximate surface area is 207 Å². The third-order valence-corrected chi connectivity index (χ3v) is 5.52. The molecule has 0 unspecified atom stereocenters. The second-order valence-corrected chi connectivity index (χ2v) is 8.09. The summed E-state index contributed by atoms with van der Waals surface area (Å²) in [6.45, 7) is 5.72. The van der Waals surface area contributed by atoms with Crippen LogP contribution in [0.1, 0.15) is 11.3 Å². The Hall–Kier alpha value is -3.84. The van der Waals surface area contributed by atoms with Gasteiger partial charge in [-0.15, -0.1) is 6.58 Å². The maximum atomic E-state index is 13.3. The van der Waals surface area contributed by atoms with E-state index in [1.807, 2.05) is 54.7 Å². The molecule has 0 atom stereocenters. The Morgan fingerprint density at radius 2 is 1.66 bits per heavy atom. The molecule has 0 aliphatic carbocycles. The first kappa shape index (κ1) is 25.8. The lowest BCUT2D eigenvalue weighted by Gasteiger charge is -2.27. The van der Waals surface area contributed by atoms with Gasteiger partial charge in [0.15, 0.2) is 6.61 Å². The average molecular weight is 476 g/mol. The Balaban J connectivity index is 1.66. The van der Waals surface area contributed by atoms with Crippen LogP contribution in [0.5, 0.6) is 5.75 Å². The van der Waals surface area contributed by atoms with E-state index in [1.165, 1.54) is 10.5 Å². The van der Waals surface area contributed by atoms with Crippen LogP contribution in [0.15, 0.2) is 91.6 Å². The predicted octanol–water partition coefficient (Wildman–Crippen LogP) is 3.61. The fraction of sp³-hybridized carbons (Fsp3) is 0.286. The standard InChI is InChI=1S/C28H33N3O4/c1-3-16-30(28(33)23-35-26-14-8-5-9-15-26)22-27(32)31(18-19-34-2)21-25-13-10-17-29(25)20-24-11-6-4-7-12-24/h3-15,17H,1,16,18-23H2,2H3. The quantitative estimate of drug-likeness (QED) is 0.334. The second-order valence-electron chi connectivity index (χ2n) is 8.09. The number of carbonyl (C=O) groups excluding carboxylic acids is 2. The van der Waals surface area contributed by atoms with E-state index in [0.29, 0.717) is 32.0 Å². The van der Waals surface area contributed by atoms with Gasteiger partial charge < -0.3 is 23.8 Å². The summed E-state index contributed by atoms with van der Waals surface area (Å²) in [6.07, 6.45) is 3.62. The second kappa shape index (κ2) is 13.8. The van der Waals surface area contributed by atoms with E-state index in [9.17, 15) is 9.59 Å². The molecule has 7 heteroatoms. The summed E-state index contributed by atoms with van der Waals surface area (Å²) in [4.78, 5) is 29.3. The average Bonchev–Trinajstić information content (AvgIpc) is 3.32. The number of amides is 2. The summed E-state index contributed by atoms with van der Waals surface area (Å²) in [6, 6.07) is 23.3. The molecule has 1 heterocycles. The third-order valence-electron chi connectivity index (χ3n) is 5.52. The minimum Gasteiger partial charge on any atom is -0.484 e. The molecule has 0 spiro atoms. The van der Waals surface area contributed by atoms with Gasteiger partial charge >= 0.3 is 0 Å². The first-order chi connectivity index (χ1) is 17.1. The zero-order valence-electron chi connectivity index (χ0n) is 20.2. The van der Waals surface area contributed by atoms with Gasteiger partial charge in [-0.3, -0.25) is 9.59 Å². The summed E-state index contributed by atoms with van der Waals surface area (Å²) < 4.78 is 13.0. The number of aromatic nitrogens is 1. The molecule has 7 nitrogen and oxygen atoms in total. The van der Waals surface area contributed by atoms with E-state index < -0.39 is 0 Å². The van der Waals surface area contributed by atoms with Crippen molar-refractivity contribution in [3.05, 3.63) is 103 Å². The largest absolute Gasteiger partial charge is 0.484 e. The Kier molecular flexibility index (Phi) is 10.1. The number of rotatable bonds is 14. The van der Waals surface area contributed by atoms with Crippen LogP contribution in [-0.2, 0) is 27.4 Å². The van der Waals surface area contributed by atoms with E-state index in [2.05, 4.69) is 23.3 Å². The number of ether oxygens (including phenoxy) is 2. The topological polar surface area (TPSA) is 64.0 Å². The van der Waals surface area contributed by atoms with E-state index in [0.717, 1.165) is 5.69 Å². The molecule has 3 aromatic rings. The first-order valence-corrected chi connectivity index (χ1v) is 11.6. The molecule has 0 fully saturated rings. The molecular formula is C28H33N3O4. The van der Waals surface area contributed by atoms with Crippen LogP contribution in [0.3, 0.4) is 0 Å². The molecule has 3 rings (SSSR count). The van der Waals surface area contributed by atoms with Crippen LogP contribution in [0.4, 0.5) is 0 Å². The maximum Gasteiger partial charge on any atom is 0.261 e. The van der Waals surface area contributed by atoms with Crippen molar-refractivity contribution >= 4 is 11.8 Å². The zero-order chi connectivity index (χ0) is 24.9. The summed E-state index contributed by atoms with van der Waals surface area (Å²) in [5, 5.41) is 0. The highest BCUT2D eigenvalue weighted by molar-refractivity contribution is 5.85. The van der Waals surface area contributed by atoms with Gasteiger partial charge in [0.1, 0.15) is 12.3 Å². The molecular weight excluding hydrogens is 442 g/mol. The lowest BCUT2D eigenvalue weighted by atomic mass is 10.2. The number of benzene rings is 2. The van der Waals surface area contributed by atoms with Gasteiger partial charge in [-0.1, -0.05) is 54.6 Å². The summed E-state index contributed by atoms with van der Waals surface area (Å²) in [5.41, 5.74) is 2.19. The van der Waals surface area contributed by atoms with Gasteiger partial charge in [0.05, 0.1) is 13.2 Å². The zero-order valence-corrected chi connectivity index (χ0v) is 20.2. The van der Waals surface area contributed by atoms with Gasteiger partial charge in [-0.2, -0.15) is 0 Å². The van der Waals surface area contributed by atoms with Crippen LogP contribution < -0.4 is 4.74 Å². The molecule has 2 amide bonds. The van der Waals surface area contributed by atoms with Crippen LogP contribution in [0.2, 0.25) is 0 Å². The highest BCUT2D eigenvalue weighted by Crippen LogP contribution is 2.12. The fourth-order valence-electron chi connectivity index (χ4n) is 3.64.